The maximum absolute atomic E-state index is 12.2. The molecule has 0 aliphatic rings. The zero-order valence-electron chi connectivity index (χ0n) is 19.8. The van der Waals surface area contributed by atoms with Crippen LogP contribution in [0.5, 0.6) is 5.75 Å². The molecule has 1 aromatic heterocycles. The molecule has 35 heavy (non-hydrogen) atoms. The van der Waals surface area contributed by atoms with Gasteiger partial charge in [-0.3, -0.25) is 10.1 Å². The minimum absolute atomic E-state index is 0.161. The van der Waals surface area contributed by atoms with E-state index in [1.807, 2.05) is 44.2 Å². The Hall–Kier alpha value is -3.42. The number of rotatable bonds is 7. The van der Waals surface area contributed by atoms with Crippen molar-refractivity contribution in [2.45, 2.75) is 33.6 Å². The van der Waals surface area contributed by atoms with E-state index in [2.05, 4.69) is 34.7 Å². The van der Waals surface area contributed by atoms with Gasteiger partial charge < -0.3 is 14.5 Å². The van der Waals surface area contributed by atoms with Gasteiger partial charge in [0.25, 0.3) is 5.91 Å². The van der Waals surface area contributed by atoms with E-state index >= 15 is 0 Å². The Balaban J connectivity index is 1.28. The number of nitrogens with zero attached hydrogens (tertiary/aromatic N) is 1. The summed E-state index contributed by atoms with van der Waals surface area (Å²) in [7, 11) is 0. The van der Waals surface area contributed by atoms with Crippen LogP contribution in [-0.4, -0.2) is 22.6 Å². The average molecular weight is 508 g/mol. The minimum atomic E-state index is -0.355. The van der Waals surface area contributed by atoms with E-state index in [9.17, 15) is 4.79 Å². The highest BCUT2D eigenvalue weighted by Crippen LogP contribution is 2.26. The first-order valence-electron chi connectivity index (χ1n) is 11.3. The predicted octanol–water partition coefficient (Wildman–Crippen LogP) is 6.14. The van der Waals surface area contributed by atoms with Crippen molar-refractivity contribution in [2.24, 2.45) is 0 Å². The van der Waals surface area contributed by atoms with Crippen molar-refractivity contribution in [1.82, 2.24) is 10.3 Å². The lowest BCUT2D eigenvalue weighted by atomic mass is 10.1. The topological polar surface area (TPSA) is 76.4 Å². The highest BCUT2D eigenvalue weighted by atomic mass is 35.5. The fourth-order valence-electron chi connectivity index (χ4n) is 3.66. The fraction of sp³-hybridized carbons (Fsp3) is 0.222. The molecular weight excluding hydrogens is 482 g/mol. The molecule has 0 atom stereocenters. The molecular formula is C27H26ClN3O3S. The van der Waals surface area contributed by atoms with Crippen molar-refractivity contribution < 1.29 is 13.9 Å². The van der Waals surface area contributed by atoms with E-state index in [-0.39, 0.29) is 17.6 Å². The summed E-state index contributed by atoms with van der Waals surface area (Å²) < 4.78 is 11.4. The van der Waals surface area contributed by atoms with Crippen LogP contribution in [0.15, 0.2) is 59.0 Å². The molecule has 0 aliphatic heterocycles. The largest absolute Gasteiger partial charge is 0.484 e. The number of hydrogen-bond donors (Lipinski definition) is 2. The lowest BCUT2D eigenvalue weighted by Gasteiger charge is -2.12. The van der Waals surface area contributed by atoms with Crippen LogP contribution < -0.4 is 15.4 Å². The summed E-state index contributed by atoms with van der Waals surface area (Å²) in [5, 5.41) is 6.52. The Morgan fingerprint density at radius 3 is 2.43 bits per heavy atom. The molecule has 0 unspecified atom stereocenters. The summed E-state index contributed by atoms with van der Waals surface area (Å²) >= 11 is 11.4. The van der Waals surface area contributed by atoms with Crippen molar-refractivity contribution in [3.8, 4) is 5.75 Å². The normalized spacial score (nSPS) is 10.9. The van der Waals surface area contributed by atoms with Crippen molar-refractivity contribution in [1.29, 1.82) is 0 Å². The highest BCUT2D eigenvalue weighted by Gasteiger charge is 2.10. The van der Waals surface area contributed by atoms with E-state index in [1.165, 1.54) is 5.56 Å². The van der Waals surface area contributed by atoms with Crippen LogP contribution in [0.1, 0.15) is 35.1 Å². The van der Waals surface area contributed by atoms with Gasteiger partial charge in [0.2, 0.25) is 0 Å². The van der Waals surface area contributed by atoms with Gasteiger partial charge in [-0.15, -0.1) is 0 Å². The summed E-state index contributed by atoms with van der Waals surface area (Å²) in [6.07, 6.45) is 1.54. The van der Waals surface area contributed by atoms with Gasteiger partial charge in [-0.2, -0.15) is 0 Å². The van der Waals surface area contributed by atoms with Gasteiger partial charge in [0, 0.05) is 17.1 Å². The predicted molar refractivity (Wildman–Crippen MR) is 143 cm³/mol. The Morgan fingerprint density at radius 2 is 1.74 bits per heavy atom. The molecule has 180 valence electrons. The third-order valence-electron chi connectivity index (χ3n) is 5.50. The zero-order valence-corrected chi connectivity index (χ0v) is 21.3. The van der Waals surface area contributed by atoms with Crippen molar-refractivity contribution in [2.75, 3.05) is 11.9 Å². The third kappa shape index (κ3) is 6.38. The summed E-state index contributed by atoms with van der Waals surface area (Å²) in [6, 6.07) is 17.4. The Labute approximate surface area is 214 Å². The molecule has 8 heteroatoms. The van der Waals surface area contributed by atoms with Gasteiger partial charge in [0.05, 0.1) is 0 Å². The summed E-state index contributed by atoms with van der Waals surface area (Å²) in [5.41, 5.74) is 6.50. The first kappa shape index (κ1) is 24.7. The highest BCUT2D eigenvalue weighted by molar-refractivity contribution is 7.80. The molecule has 1 heterocycles. The van der Waals surface area contributed by atoms with Crippen LogP contribution in [-0.2, 0) is 17.6 Å². The molecule has 4 aromatic rings. The molecule has 0 saturated heterocycles. The fourth-order valence-corrected chi connectivity index (χ4v) is 4.00. The first-order valence-corrected chi connectivity index (χ1v) is 12.1. The van der Waals surface area contributed by atoms with E-state index in [0.29, 0.717) is 23.1 Å². The number of halogens is 1. The number of carbonyl (C=O) groups excluding carboxylic acids is 1. The number of ether oxygens (including phenoxy) is 1. The first-order chi connectivity index (χ1) is 16.8. The number of benzene rings is 3. The summed E-state index contributed by atoms with van der Waals surface area (Å²) in [6.45, 7) is 5.74. The van der Waals surface area contributed by atoms with Gasteiger partial charge in [-0.25, -0.2) is 4.98 Å². The van der Waals surface area contributed by atoms with Crippen LogP contribution in [0.4, 0.5) is 5.69 Å². The van der Waals surface area contributed by atoms with Crippen LogP contribution in [0.2, 0.25) is 5.02 Å². The molecule has 0 radical (unpaired) electrons. The van der Waals surface area contributed by atoms with E-state index in [1.54, 1.807) is 12.1 Å². The van der Waals surface area contributed by atoms with Crippen LogP contribution in [0, 0.1) is 13.8 Å². The number of hydrogen-bond acceptors (Lipinski definition) is 5. The molecule has 4 rings (SSSR count). The molecule has 0 bridgehead atoms. The van der Waals surface area contributed by atoms with Gasteiger partial charge in [0.15, 0.2) is 23.2 Å². The van der Waals surface area contributed by atoms with Gasteiger partial charge in [0.1, 0.15) is 11.3 Å². The number of fused-ring (bicyclic) bond motifs is 1. The van der Waals surface area contributed by atoms with E-state index in [4.69, 9.17) is 33.0 Å². The maximum Gasteiger partial charge on any atom is 0.264 e. The molecule has 2 N–H and O–H groups in total. The molecule has 6 nitrogen and oxygen atoms in total. The van der Waals surface area contributed by atoms with Crippen molar-refractivity contribution in [3.05, 3.63) is 87.8 Å². The lowest BCUT2D eigenvalue weighted by molar-refractivity contribution is -0.121. The number of carbonyl (C=O) groups is 1. The second kappa shape index (κ2) is 10.9. The Kier molecular flexibility index (Phi) is 7.68. The molecule has 3 aromatic carbocycles. The van der Waals surface area contributed by atoms with Gasteiger partial charge in [-0.05, 0) is 91.1 Å². The zero-order chi connectivity index (χ0) is 24.9. The quantitative estimate of drug-likeness (QED) is 0.292. The molecule has 0 saturated carbocycles. The molecule has 1 amide bonds. The number of aromatic nitrogens is 1. The van der Waals surface area contributed by atoms with E-state index in [0.717, 1.165) is 39.9 Å². The number of nitrogens with one attached hydrogen (secondary N) is 2. The molecule has 0 fully saturated rings. The average Bonchev–Trinajstić information content (AvgIpc) is 3.23. The minimum Gasteiger partial charge on any atom is -0.484 e. The van der Waals surface area contributed by atoms with Crippen LogP contribution in [0.25, 0.3) is 11.1 Å². The lowest BCUT2D eigenvalue weighted by Crippen LogP contribution is -2.37. The standard InChI is InChI=1S/C27H26ClN3O3S/c1-4-18-7-10-23-22(13-18)30-25(34-23)14-19-5-8-20(9-6-19)29-27(35)31-24(32)15-33-21-11-16(2)26(28)17(3)12-21/h5-13H,4,14-15H2,1-3H3,(H2,29,31,32,35). The van der Waals surface area contributed by atoms with E-state index < -0.39 is 0 Å². The number of aryl methyl sites for hydroxylation is 3. The summed E-state index contributed by atoms with van der Waals surface area (Å²) in [4.78, 5) is 16.8. The summed E-state index contributed by atoms with van der Waals surface area (Å²) in [5.74, 6) is 0.896. The molecule has 0 aliphatic carbocycles. The monoisotopic (exact) mass is 507 g/mol. The van der Waals surface area contributed by atoms with Gasteiger partial charge in [-0.1, -0.05) is 36.7 Å². The van der Waals surface area contributed by atoms with Crippen LogP contribution >= 0.6 is 23.8 Å². The number of oxazole rings is 1. The Morgan fingerprint density at radius 1 is 1.06 bits per heavy atom. The number of thiocarbonyl (C=S) groups is 1. The van der Waals surface area contributed by atoms with Crippen molar-refractivity contribution >= 4 is 51.6 Å². The van der Waals surface area contributed by atoms with Crippen molar-refractivity contribution in [3.63, 3.8) is 0 Å². The second-order valence-corrected chi connectivity index (χ2v) is 9.09. The third-order valence-corrected chi connectivity index (χ3v) is 6.30. The Bertz CT molecular complexity index is 1360. The smallest absolute Gasteiger partial charge is 0.264 e. The number of anilines is 1. The molecule has 0 spiro atoms. The number of amides is 1. The van der Waals surface area contributed by atoms with Gasteiger partial charge >= 0.3 is 0 Å². The SMILES string of the molecule is CCc1ccc2oc(Cc3ccc(NC(=S)NC(=O)COc4cc(C)c(Cl)c(C)c4)cc3)nc2c1. The van der Waals surface area contributed by atoms with Crippen LogP contribution in [0.3, 0.4) is 0 Å². The maximum atomic E-state index is 12.2. The second-order valence-electron chi connectivity index (χ2n) is 8.30.